The van der Waals surface area contributed by atoms with E-state index in [4.69, 9.17) is 0 Å². The second-order valence-corrected chi connectivity index (χ2v) is 7.83. The van der Waals surface area contributed by atoms with E-state index in [1.807, 2.05) is 18.4 Å². The summed E-state index contributed by atoms with van der Waals surface area (Å²) in [6, 6.07) is 6.12. The van der Waals surface area contributed by atoms with E-state index >= 15 is 0 Å². The van der Waals surface area contributed by atoms with Gasteiger partial charge in [0.15, 0.2) is 5.96 Å². The van der Waals surface area contributed by atoms with E-state index in [1.165, 1.54) is 22.6 Å². The summed E-state index contributed by atoms with van der Waals surface area (Å²) in [6.45, 7) is 7.57. The molecular formula is C17H31IN4S. The molecule has 0 radical (unpaired) electrons. The van der Waals surface area contributed by atoms with Crippen LogP contribution in [0.3, 0.4) is 0 Å². The molecule has 1 aromatic rings. The Hall–Kier alpha value is -0.340. The molecule has 1 saturated carbocycles. The van der Waals surface area contributed by atoms with Crippen molar-refractivity contribution in [3.8, 4) is 0 Å². The van der Waals surface area contributed by atoms with E-state index in [2.05, 4.69) is 60.5 Å². The second-order valence-electron chi connectivity index (χ2n) is 6.46. The van der Waals surface area contributed by atoms with Crippen molar-refractivity contribution in [2.24, 2.45) is 4.99 Å². The summed E-state index contributed by atoms with van der Waals surface area (Å²) in [6.07, 6.45) is 3.74. The van der Waals surface area contributed by atoms with Crippen LogP contribution in [-0.2, 0) is 6.42 Å². The molecule has 2 unspecified atom stereocenters. The van der Waals surface area contributed by atoms with Crippen LogP contribution in [0.2, 0.25) is 0 Å². The molecule has 2 atom stereocenters. The molecule has 23 heavy (non-hydrogen) atoms. The first-order valence-electron chi connectivity index (χ1n) is 8.24. The van der Waals surface area contributed by atoms with Gasteiger partial charge >= 0.3 is 0 Å². The topological polar surface area (TPSA) is 39.7 Å². The van der Waals surface area contributed by atoms with Crippen molar-refractivity contribution in [2.75, 3.05) is 20.6 Å². The predicted octanol–water partition coefficient (Wildman–Crippen LogP) is 3.25. The average molecular weight is 450 g/mol. The van der Waals surface area contributed by atoms with Gasteiger partial charge in [-0.15, -0.1) is 35.3 Å². The first-order chi connectivity index (χ1) is 10.5. The molecule has 1 aliphatic carbocycles. The first kappa shape index (κ1) is 20.7. The molecule has 132 valence electrons. The smallest absolute Gasteiger partial charge is 0.191 e. The van der Waals surface area contributed by atoms with E-state index in [9.17, 15) is 0 Å². The number of hydrogen-bond acceptors (Lipinski definition) is 3. The lowest BCUT2D eigenvalue weighted by Gasteiger charge is -2.26. The molecule has 1 fully saturated rings. The number of hydrogen-bond donors (Lipinski definition) is 2. The van der Waals surface area contributed by atoms with Gasteiger partial charge in [-0.25, -0.2) is 0 Å². The Kier molecular flexibility index (Phi) is 8.85. The SMILES string of the molecule is CN=C(NCC(C)N(C)C1CC1)NC(C)Cc1ccc(C)s1.I. The number of guanidine groups is 1. The van der Waals surface area contributed by atoms with Gasteiger partial charge in [0.05, 0.1) is 0 Å². The maximum atomic E-state index is 4.35. The van der Waals surface area contributed by atoms with Gasteiger partial charge in [0.1, 0.15) is 0 Å². The highest BCUT2D eigenvalue weighted by atomic mass is 127. The Morgan fingerprint density at radius 1 is 1.39 bits per heavy atom. The Bertz CT molecular complexity index is 499. The predicted molar refractivity (Wildman–Crippen MR) is 112 cm³/mol. The van der Waals surface area contributed by atoms with Gasteiger partial charge in [-0.1, -0.05) is 0 Å². The summed E-state index contributed by atoms with van der Waals surface area (Å²) in [4.78, 5) is 9.62. The largest absolute Gasteiger partial charge is 0.355 e. The zero-order valence-corrected chi connectivity index (χ0v) is 18.1. The van der Waals surface area contributed by atoms with Crippen molar-refractivity contribution < 1.29 is 0 Å². The number of nitrogens with zero attached hydrogens (tertiary/aromatic N) is 2. The van der Waals surface area contributed by atoms with Crippen LogP contribution in [0.1, 0.15) is 36.4 Å². The van der Waals surface area contributed by atoms with E-state index in [0.717, 1.165) is 25.0 Å². The van der Waals surface area contributed by atoms with Crippen molar-refractivity contribution in [2.45, 2.75) is 58.2 Å². The molecule has 0 bridgehead atoms. The first-order valence-corrected chi connectivity index (χ1v) is 9.05. The van der Waals surface area contributed by atoms with Crippen LogP contribution in [0.15, 0.2) is 17.1 Å². The van der Waals surface area contributed by atoms with Crippen LogP contribution in [0.25, 0.3) is 0 Å². The third-order valence-corrected chi connectivity index (χ3v) is 5.32. The van der Waals surface area contributed by atoms with Gasteiger partial charge in [0.2, 0.25) is 0 Å². The van der Waals surface area contributed by atoms with Gasteiger partial charge in [-0.2, -0.15) is 0 Å². The summed E-state index contributed by atoms with van der Waals surface area (Å²) in [5.41, 5.74) is 0. The van der Waals surface area contributed by atoms with Crippen molar-refractivity contribution in [1.29, 1.82) is 0 Å². The minimum Gasteiger partial charge on any atom is -0.355 e. The molecule has 1 aliphatic rings. The number of rotatable bonds is 7. The molecule has 2 N–H and O–H groups in total. The van der Waals surface area contributed by atoms with Crippen molar-refractivity contribution in [3.63, 3.8) is 0 Å². The molecule has 0 aromatic carbocycles. The van der Waals surface area contributed by atoms with Crippen molar-refractivity contribution in [1.82, 2.24) is 15.5 Å². The fourth-order valence-corrected chi connectivity index (χ4v) is 3.62. The zero-order valence-electron chi connectivity index (χ0n) is 14.9. The summed E-state index contributed by atoms with van der Waals surface area (Å²) in [5, 5.41) is 6.95. The monoisotopic (exact) mass is 450 g/mol. The van der Waals surface area contributed by atoms with Crippen LogP contribution in [0, 0.1) is 6.92 Å². The summed E-state index contributed by atoms with van der Waals surface area (Å²) in [7, 11) is 4.06. The van der Waals surface area contributed by atoms with Crippen molar-refractivity contribution in [3.05, 3.63) is 21.9 Å². The Labute approximate surface area is 162 Å². The van der Waals surface area contributed by atoms with E-state index in [-0.39, 0.29) is 24.0 Å². The van der Waals surface area contributed by atoms with Gasteiger partial charge in [-0.3, -0.25) is 9.89 Å². The lowest BCUT2D eigenvalue weighted by molar-refractivity contribution is 0.247. The van der Waals surface area contributed by atoms with Gasteiger partial charge in [-0.05, 0) is 52.8 Å². The van der Waals surface area contributed by atoms with Crippen molar-refractivity contribution >= 4 is 41.3 Å². The summed E-state index contributed by atoms with van der Waals surface area (Å²) >= 11 is 1.88. The highest BCUT2D eigenvalue weighted by Crippen LogP contribution is 2.26. The quantitative estimate of drug-likeness (QED) is 0.381. The zero-order chi connectivity index (χ0) is 16.1. The lowest BCUT2D eigenvalue weighted by atomic mass is 10.2. The normalized spacial score (nSPS) is 17.6. The molecule has 6 heteroatoms. The standard InChI is InChI=1S/C17H30N4S.HI/c1-12(10-16-9-6-14(3)22-16)20-17(18-4)19-11-13(2)21(5)15-7-8-15;/h6,9,12-13,15H,7-8,10-11H2,1-5H3,(H2,18,19,20);1H. The van der Waals surface area contributed by atoms with Crippen LogP contribution < -0.4 is 10.6 Å². The number of aryl methyl sites for hydroxylation is 1. The van der Waals surface area contributed by atoms with Crippen LogP contribution in [0.5, 0.6) is 0 Å². The average Bonchev–Trinajstić information content (AvgIpc) is 3.26. The third-order valence-electron chi connectivity index (χ3n) is 4.29. The molecule has 1 aromatic heterocycles. The van der Waals surface area contributed by atoms with Gasteiger partial charge < -0.3 is 10.6 Å². The molecule has 0 saturated heterocycles. The summed E-state index contributed by atoms with van der Waals surface area (Å²) in [5.74, 6) is 0.900. The maximum absolute atomic E-state index is 4.35. The summed E-state index contributed by atoms with van der Waals surface area (Å²) < 4.78 is 0. The van der Waals surface area contributed by atoms with E-state index < -0.39 is 0 Å². The Morgan fingerprint density at radius 2 is 2.09 bits per heavy atom. The number of thiophene rings is 1. The fourth-order valence-electron chi connectivity index (χ4n) is 2.61. The number of halogens is 1. The van der Waals surface area contributed by atoms with Crippen LogP contribution >= 0.6 is 35.3 Å². The molecular weight excluding hydrogens is 419 g/mol. The van der Waals surface area contributed by atoms with Crippen LogP contribution in [0.4, 0.5) is 0 Å². The second kappa shape index (κ2) is 9.84. The molecule has 2 rings (SSSR count). The fraction of sp³-hybridized carbons (Fsp3) is 0.706. The minimum atomic E-state index is 0. The lowest BCUT2D eigenvalue weighted by Crippen LogP contribution is -2.48. The Balaban J connectivity index is 0.00000264. The molecule has 0 spiro atoms. The van der Waals surface area contributed by atoms with Gasteiger partial charge in [0, 0.05) is 47.9 Å². The number of aliphatic imine (C=N–C) groups is 1. The molecule has 0 aliphatic heterocycles. The number of nitrogens with one attached hydrogen (secondary N) is 2. The minimum absolute atomic E-state index is 0. The van der Waals surface area contributed by atoms with E-state index in [1.54, 1.807) is 0 Å². The Morgan fingerprint density at radius 3 is 2.61 bits per heavy atom. The highest BCUT2D eigenvalue weighted by molar-refractivity contribution is 14.0. The third kappa shape index (κ3) is 6.97. The van der Waals surface area contributed by atoms with E-state index in [0.29, 0.717) is 12.1 Å². The highest BCUT2D eigenvalue weighted by Gasteiger charge is 2.29. The molecule has 0 amide bonds. The maximum Gasteiger partial charge on any atom is 0.191 e. The van der Waals surface area contributed by atoms with Crippen LogP contribution in [-0.4, -0.2) is 49.6 Å². The molecule has 1 heterocycles. The molecule has 4 nitrogen and oxygen atoms in total. The van der Waals surface area contributed by atoms with Gasteiger partial charge in [0.25, 0.3) is 0 Å². The number of likely N-dealkylation sites (N-methyl/N-ethyl adjacent to an activating group) is 1.